The summed E-state index contributed by atoms with van der Waals surface area (Å²) in [5, 5.41) is 7.82. The Kier molecular flexibility index (Phi) is 4.18. The van der Waals surface area contributed by atoms with Gasteiger partial charge in [0.1, 0.15) is 0 Å². The molecule has 0 amide bonds. The Morgan fingerprint density at radius 3 is 2.88 bits per heavy atom. The number of hydrogen-bond acceptors (Lipinski definition) is 3. The summed E-state index contributed by atoms with van der Waals surface area (Å²) in [6.07, 6.45) is 5.03. The summed E-state index contributed by atoms with van der Waals surface area (Å²) in [5.41, 5.74) is 1.07. The van der Waals surface area contributed by atoms with Crippen molar-refractivity contribution in [1.82, 2.24) is 15.1 Å². The molecule has 0 aliphatic carbocycles. The van der Waals surface area contributed by atoms with E-state index in [1.165, 1.54) is 0 Å². The lowest BCUT2D eigenvalue weighted by molar-refractivity contribution is 0.0333. The van der Waals surface area contributed by atoms with Crippen molar-refractivity contribution in [3.8, 4) is 0 Å². The second kappa shape index (κ2) is 5.65. The van der Waals surface area contributed by atoms with Gasteiger partial charge >= 0.3 is 0 Å². The van der Waals surface area contributed by atoms with Crippen molar-refractivity contribution >= 4 is 0 Å². The van der Waals surface area contributed by atoms with Gasteiger partial charge in [0.05, 0.1) is 24.4 Å². The summed E-state index contributed by atoms with van der Waals surface area (Å²) in [7, 11) is 0. The van der Waals surface area contributed by atoms with Crippen molar-refractivity contribution in [2.45, 2.75) is 58.4 Å². The molecule has 4 heteroatoms. The first-order chi connectivity index (χ1) is 8.13. The molecule has 96 valence electrons. The first-order valence-electron chi connectivity index (χ1n) is 6.52. The number of rotatable bonds is 5. The lowest BCUT2D eigenvalue weighted by Gasteiger charge is -2.16. The van der Waals surface area contributed by atoms with Crippen molar-refractivity contribution in [1.29, 1.82) is 0 Å². The van der Waals surface area contributed by atoms with E-state index in [1.807, 2.05) is 23.9 Å². The Morgan fingerprint density at radius 1 is 1.47 bits per heavy atom. The van der Waals surface area contributed by atoms with E-state index in [2.05, 4.69) is 24.3 Å². The van der Waals surface area contributed by atoms with Gasteiger partial charge < -0.3 is 10.1 Å². The standard InChI is InChI=1S/C13H23N3O/c1-10(2)14-8-12-4-5-13(17-12)9-16-7-6-11(3)15-16/h6-7,10,12-14H,4-5,8-9H2,1-3H3. The van der Waals surface area contributed by atoms with Gasteiger partial charge in [0.25, 0.3) is 0 Å². The Hall–Kier alpha value is -0.870. The average molecular weight is 237 g/mol. The molecule has 2 rings (SSSR count). The number of ether oxygens (including phenoxy) is 1. The molecule has 1 fully saturated rings. The quantitative estimate of drug-likeness (QED) is 0.848. The molecule has 2 heterocycles. The predicted molar refractivity (Wildman–Crippen MR) is 68.0 cm³/mol. The molecule has 1 aliphatic rings. The Balaban J connectivity index is 1.74. The number of nitrogens with one attached hydrogen (secondary N) is 1. The van der Waals surface area contributed by atoms with Crippen LogP contribution in [0.3, 0.4) is 0 Å². The van der Waals surface area contributed by atoms with Crippen LogP contribution in [0.4, 0.5) is 0 Å². The fraction of sp³-hybridized carbons (Fsp3) is 0.769. The minimum atomic E-state index is 0.327. The molecule has 0 saturated carbocycles. The zero-order valence-electron chi connectivity index (χ0n) is 11.0. The molecule has 1 aliphatic heterocycles. The van der Waals surface area contributed by atoms with Crippen LogP contribution in [0.25, 0.3) is 0 Å². The lowest BCUT2D eigenvalue weighted by atomic mass is 10.2. The van der Waals surface area contributed by atoms with Gasteiger partial charge in [-0.15, -0.1) is 0 Å². The van der Waals surface area contributed by atoms with Crippen LogP contribution < -0.4 is 5.32 Å². The second-order valence-corrected chi connectivity index (χ2v) is 5.20. The second-order valence-electron chi connectivity index (χ2n) is 5.20. The minimum Gasteiger partial charge on any atom is -0.372 e. The molecule has 0 aromatic carbocycles. The van der Waals surface area contributed by atoms with Gasteiger partial charge in [-0.3, -0.25) is 4.68 Å². The fourth-order valence-corrected chi connectivity index (χ4v) is 2.21. The van der Waals surface area contributed by atoms with Crippen molar-refractivity contribution < 1.29 is 4.74 Å². The first-order valence-corrected chi connectivity index (χ1v) is 6.52. The SMILES string of the molecule is Cc1ccn(CC2CCC(CNC(C)C)O2)n1. The smallest absolute Gasteiger partial charge is 0.0776 e. The van der Waals surface area contributed by atoms with Crippen LogP contribution in [0, 0.1) is 6.92 Å². The highest BCUT2D eigenvalue weighted by Crippen LogP contribution is 2.20. The molecule has 4 nitrogen and oxygen atoms in total. The van der Waals surface area contributed by atoms with Crippen LogP contribution in [0.2, 0.25) is 0 Å². The summed E-state index contributed by atoms with van der Waals surface area (Å²) < 4.78 is 7.99. The van der Waals surface area contributed by atoms with Gasteiger partial charge in [-0.25, -0.2) is 0 Å². The van der Waals surface area contributed by atoms with Crippen LogP contribution in [-0.2, 0) is 11.3 Å². The van der Waals surface area contributed by atoms with Crippen LogP contribution in [0.1, 0.15) is 32.4 Å². The summed E-state index contributed by atoms with van der Waals surface area (Å²) in [6.45, 7) is 8.19. The van der Waals surface area contributed by atoms with Crippen LogP contribution >= 0.6 is 0 Å². The Morgan fingerprint density at radius 2 is 2.24 bits per heavy atom. The monoisotopic (exact) mass is 237 g/mol. The van der Waals surface area contributed by atoms with Gasteiger partial charge in [0.2, 0.25) is 0 Å². The van der Waals surface area contributed by atoms with Gasteiger partial charge in [-0.1, -0.05) is 13.8 Å². The molecule has 0 radical (unpaired) electrons. The topological polar surface area (TPSA) is 39.1 Å². The van der Waals surface area contributed by atoms with E-state index in [9.17, 15) is 0 Å². The normalized spacial score (nSPS) is 24.7. The first kappa shape index (κ1) is 12.6. The number of aryl methyl sites for hydroxylation is 1. The zero-order chi connectivity index (χ0) is 12.3. The molecular weight excluding hydrogens is 214 g/mol. The van der Waals surface area contributed by atoms with Gasteiger partial charge in [-0.05, 0) is 25.8 Å². The molecule has 1 saturated heterocycles. The van der Waals surface area contributed by atoms with Gasteiger partial charge in [0, 0.05) is 18.8 Å². The van der Waals surface area contributed by atoms with E-state index in [4.69, 9.17) is 4.74 Å². The molecular formula is C13H23N3O. The Labute approximate surface area is 103 Å². The summed E-state index contributed by atoms with van der Waals surface area (Å²) >= 11 is 0. The third kappa shape index (κ3) is 3.82. The zero-order valence-corrected chi connectivity index (χ0v) is 11.0. The Bertz CT molecular complexity index is 348. The van der Waals surface area contributed by atoms with Gasteiger partial charge in [0.15, 0.2) is 0 Å². The summed E-state index contributed by atoms with van der Waals surface area (Å²) in [5.74, 6) is 0. The maximum Gasteiger partial charge on any atom is 0.0776 e. The van der Waals surface area contributed by atoms with Crippen LogP contribution in [-0.4, -0.2) is 34.6 Å². The van der Waals surface area contributed by atoms with Crippen molar-refractivity contribution in [2.75, 3.05) is 6.54 Å². The molecule has 1 aromatic heterocycles. The molecule has 2 atom stereocenters. The molecule has 0 spiro atoms. The minimum absolute atomic E-state index is 0.327. The lowest BCUT2D eigenvalue weighted by Crippen LogP contribution is -2.32. The van der Waals surface area contributed by atoms with E-state index in [0.29, 0.717) is 18.2 Å². The highest BCUT2D eigenvalue weighted by atomic mass is 16.5. The maximum absolute atomic E-state index is 6.00. The summed E-state index contributed by atoms with van der Waals surface area (Å²) in [6, 6.07) is 2.57. The van der Waals surface area contributed by atoms with E-state index < -0.39 is 0 Å². The number of hydrogen-bond donors (Lipinski definition) is 1. The maximum atomic E-state index is 6.00. The van der Waals surface area contributed by atoms with Crippen LogP contribution in [0.15, 0.2) is 12.3 Å². The van der Waals surface area contributed by atoms with Gasteiger partial charge in [-0.2, -0.15) is 5.10 Å². The number of aromatic nitrogens is 2. The van der Waals surface area contributed by atoms with Crippen molar-refractivity contribution in [3.63, 3.8) is 0 Å². The van der Waals surface area contributed by atoms with Crippen molar-refractivity contribution in [2.24, 2.45) is 0 Å². The summed E-state index contributed by atoms with van der Waals surface area (Å²) in [4.78, 5) is 0. The van der Waals surface area contributed by atoms with E-state index in [-0.39, 0.29) is 0 Å². The molecule has 1 N–H and O–H groups in total. The van der Waals surface area contributed by atoms with E-state index in [1.54, 1.807) is 0 Å². The largest absolute Gasteiger partial charge is 0.372 e. The predicted octanol–water partition coefficient (Wildman–Crippen LogP) is 1.74. The molecule has 2 unspecified atom stereocenters. The highest BCUT2D eigenvalue weighted by molar-refractivity contribution is 4.95. The van der Waals surface area contributed by atoms with E-state index >= 15 is 0 Å². The van der Waals surface area contributed by atoms with E-state index in [0.717, 1.165) is 31.6 Å². The third-order valence-corrected chi connectivity index (χ3v) is 3.11. The van der Waals surface area contributed by atoms with Crippen molar-refractivity contribution in [3.05, 3.63) is 18.0 Å². The van der Waals surface area contributed by atoms with Crippen LogP contribution in [0.5, 0.6) is 0 Å². The average Bonchev–Trinajstić information content (AvgIpc) is 2.86. The number of nitrogens with zero attached hydrogens (tertiary/aromatic N) is 2. The third-order valence-electron chi connectivity index (χ3n) is 3.11. The molecule has 17 heavy (non-hydrogen) atoms. The molecule has 0 bridgehead atoms. The highest BCUT2D eigenvalue weighted by Gasteiger charge is 2.25. The molecule has 1 aromatic rings. The fourth-order valence-electron chi connectivity index (χ4n) is 2.21.